The first-order chi connectivity index (χ1) is 16.4. The summed E-state index contributed by atoms with van der Waals surface area (Å²) in [5.41, 5.74) is 8.26. The van der Waals surface area contributed by atoms with E-state index < -0.39 is 0 Å². The van der Waals surface area contributed by atoms with Crippen LogP contribution in [0.15, 0.2) is 48.5 Å². The van der Waals surface area contributed by atoms with Gasteiger partial charge in [-0.1, -0.05) is 36.4 Å². The highest BCUT2D eigenvalue weighted by atomic mass is 16.5. The molecular weight excluding hydrogens is 430 g/mol. The summed E-state index contributed by atoms with van der Waals surface area (Å²) < 4.78 is 11.6. The predicted octanol–water partition coefficient (Wildman–Crippen LogP) is 3.64. The van der Waals surface area contributed by atoms with Gasteiger partial charge in [-0.3, -0.25) is 15.0 Å². The van der Waals surface area contributed by atoms with Crippen LogP contribution in [0.3, 0.4) is 0 Å². The van der Waals surface area contributed by atoms with Crippen LogP contribution < -0.4 is 15.8 Å². The molecule has 0 radical (unpaired) electrons. The first-order valence-corrected chi connectivity index (χ1v) is 12.1. The fourth-order valence-corrected chi connectivity index (χ4v) is 5.65. The summed E-state index contributed by atoms with van der Waals surface area (Å²) in [5, 5.41) is 10.4. The Labute approximate surface area is 199 Å². The summed E-state index contributed by atoms with van der Waals surface area (Å²) >= 11 is 0. The number of nitrogen functional groups attached to an aromatic ring is 1. The monoisotopic (exact) mass is 461 g/mol. The lowest BCUT2D eigenvalue weighted by Gasteiger charge is -2.22. The van der Waals surface area contributed by atoms with Crippen LogP contribution in [-0.4, -0.2) is 36.5 Å². The summed E-state index contributed by atoms with van der Waals surface area (Å²) in [5.74, 6) is 1.33. The molecule has 1 amide bonds. The number of benzene rings is 2. The predicted molar refractivity (Wildman–Crippen MR) is 128 cm³/mol. The number of ether oxygens (including phenoxy) is 2. The average molecular weight is 462 g/mol. The van der Waals surface area contributed by atoms with E-state index in [0.29, 0.717) is 24.5 Å². The smallest absolute Gasteiger partial charge is 0.306 e. The van der Waals surface area contributed by atoms with Crippen molar-refractivity contribution in [3.63, 3.8) is 0 Å². The molecule has 2 saturated carbocycles. The van der Waals surface area contributed by atoms with Crippen molar-refractivity contribution in [2.45, 2.75) is 50.7 Å². The van der Waals surface area contributed by atoms with Crippen LogP contribution in [0.1, 0.15) is 44.1 Å². The molecule has 178 valence electrons. The number of carbonyl (C=O) groups is 2. The van der Waals surface area contributed by atoms with Crippen molar-refractivity contribution < 1.29 is 19.1 Å². The number of carbonyl (C=O) groups excluding carboxylic acids is 2. The molecule has 1 aliphatic heterocycles. The molecular formula is C27H31N3O4. The van der Waals surface area contributed by atoms with Crippen LogP contribution in [0.2, 0.25) is 0 Å². The van der Waals surface area contributed by atoms with Gasteiger partial charge in [0.05, 0.1) is 18.4 Å². The molecule has 2 aliphatic carbocycles. The van der Waals surface area contributed by atoms with Crippen molar-refractivity contribution in [1.29, 1.82) is 5.41 Å². The number of hydrogen-bond donors (Lipinski definition) is 3. The highest BCUT2D eigenvalue weighted by Crippen LogP contribution is 2.46. The van der Waals surface area contributed by atoms with Gasteiger partial charge >= 0.3 is 5.97 Å². The van der Waals surface area contributed by atoms with Crippen molar-refractivity contribution in [3.05, 3.63) is 54.1 Å². The van der Waals surface area contributed by atoms with Gasteiger partial charge in [0.2, 0.25) is 5.91 Å². The molecule has 7 heteroatoms. The first kappa shape index (κ1) is 22.4. The van der Waals surface area contributed by atoms with Crippen LogP contribution in [0, 0.1) is 23.2 Å². The zero-order chi connectivity index (χ0) is 23.7. The Morgan fingerprint density at radius 3 is 2.32 bits per heavy atom. The van der Waals surface area contributed by atoms with Gasteiger partial charge in [-0.25, -0.2) is 0 Å². The maximum Gasteiger partial charge on any atom is 0.306 e. The Morgan fingerprint density at radius 2 is 1.71 bits per heavy atom. The standard InChI is InChI=1S/C27H31N3O4/c28-26(29)19-5-3-17(4-6-19)18-7-9-23(10-8-18)33-15-22-13-21(27(32)30-22)14-25(31)34-24-12-16-1-2-20(24)11-16/h3-10,16,20-22,24H,1-2,11-15H2,(H3,28,29)(H,30,32)/t16?,20?,21-,22-,24?/m0/s1. The Balaban J connectivity index is 1.08. The molecule has 2 bridgehead atoms. The summed E-state index contributed by atoms with van der Waals surface area (Å²) in [6.07, 6.45) is 5.39. The van der Waals surface area contributed by atoms with E-state index in [1.807, 2.05) is 48.5 Å². The van der Waals surface area contributed by atoms with E-state index in [2.05, 4.69) is 5.32 Å². The fraction of sp³-hybridized carbons (Fsp3) is 0.444. The molecule has 1 saturated heterocycles. The fourth-order valence-electron chi connectivity index (χ4n) is 5.65. The second-order valence-electron chi connectivity index (χ2n) is 9.87. The number of hydrogen-bond acceptors (Lipinski definition) is 5. The highest BCUT2D eigenvalue weighted by molar-refractivity contribution is 5.95. The average Bonchev–Trinajstić information content (AvgIpc) is 3.54. The summed E-state index contributed by atoms with van der Waals surface area (Å²) in [4.78, 5) is 24.8. The molecule has 0 spiro atoms. The molecule has 34 heavy (non-hydrogen) atoms. The van der Waals surface area contributed by atoms with E-state index in [-0.39, 0.29) is 42.2 Å². The molecule has 2 aromatic carbocycles. The number of amidine groups is 1. The largest absolute Gasteiger partial charge is 0.491 e. The summed E-state index contributed by atoms with van der Waals surface area (Å²) in [6.45, 7) is 0.357. The lowest BCUT2D eigenvalue weighted by molar-refractivity contribution is -0.153. The van der Waals surface area contributed by atoms with E-state index >= 15 is 0 Å². The SMILES string of the molecule is N=C(N)c1ccc(-c2ccc(OC[C@@H]3C[C@@H](CC(=O)OC4CC5CCC4C5)C(=O)N3)cc2)cc1. The molecule has 3 unspecified atom stereocenters. The number of esters is 1. The minimum absolute atomic E-state index is 0.0500. The Hall–Kier alpha value is -3.35. The summed E-state index contributed by atoms with van der Waals surface area (Å²) in [7, 11) is 0. The Morgan fingerprint density at radius 1 is 1.00 bits per heavy atom. The second-order valence-corrected chi connectivity index (χ2v) is 9.87. The van der Waals surface area contributed by atoms with Crippen molar-refractivity contribution in [2.24, 2.45) is 23.5 Å². The first-order valence-electron chi connectivity index (χ1n) is 12.1. The zero-order valence-electron chi connectivity index (χ0n) is 19.2. The molecule has 5 rings (SSSR count). The van der Waals surface area contributed by atoms with Gasteiger partial charge in [0.1, 0.15) is 24.3 Å². The molecule has 7 nitrogen and oxygen atoms in total. The third-order valence-corrected chi connectivity index (χ3v) is 7.49. The van der Waals surface area contributed by atoms with Gasteiger partial charge in [-0.2, -0.15) is 0 Å². The number of nitrogens with one attached hydrogen (secondary N) is 2. The van der Waals surface area contributed by atoms with Crippen molar-refractivity contribution in [3.8, 4) is 16.9 Å². The molecule has 0 aromatic heterocycles. The van der Waals surface area contributed by atoms with E-state index in [9.17, 15) is 9.59 Å². The molecule has 3 fully saturated rings. The quantitative estimate of drug-likeness (QED) is 0.315. The van der Waals surface area contributed by atoms with Crippen molar-refractivity contribution in [2.75, 3.05) is 6.61 Å². The van der Waals surface area contributed by atoms with Crippen LogP contribution in [0.4, 0.5) is 0 Å². The third-order valence-electron chi connectivity index (χ3n) is 7.49. The van der Waals surface area contributed by atoms with Crippen LogP contribution in [-0.2, 0) is 14.3 Å². The number of nitrogens with two attached hydrogens (primary N) is 1. The van der Waals surface area contributed by atoms with Gasteiger partial charge in [-0.05, 0) is 67.2 Å². The second kappa shape index (κ2) is 9.49. The van der Waals surface area contributed by atoms with Gasteiger partial charge in [0.25, 0.3) is 0 Å². The van der Waals surface area contributed by atoms with Crippen molar-refractivity contribution in [1.82, 2.24) is 5.32 Å². The lowest BCUT2D eigenvalue weighted by atomic mass is 9.97. The molecule has 3 aliphatic rings. The molecule has 2 aromatic rings. The van der Waals surface area contributed by atoms with Gasteiger partial charge in [-0.15, -0.1) is 0 Å². The van der Waals surface area contributed by atoms with Gasteiger partial charge in [0, 0.05) is 5.56 Å². The van der Waals surface area contributed by atoms with Gasteiger partial charge in [0.15, 0.2) is 0 Å². The van der Waals surface area contributed by atoms with Crippen LogP contribution >= 0.6 is 0 Å². The lowest BCUT2D eigenvalue weighted by Crippen LogP contribution is -2.31. The maximum atomic E-state index is 12.4. The third kappa shape index (κ3) is 4.93. The van der Waals surface area contributed by atoms with E-state index in [1.165, 1.54) is 19.3 Å². The zero-order valence-corrected chi connectivity index (χ0v) is 19.2. The molecule has 5 atom stereocenters. The normalized spacial score (nSPS) is 27.4. The maximum absolute atomic E-state index is 12.4. The minimum Gasteiger partial charge on any atom is -0.491 e. The Kier molecular flexibility index (Phi) is 6.26. The minimum atomic E-state index is -0.347. The van der Waals surface area contributed by atoms with Crippen LogP contribution in [0.25, 0.3) is 11.1 Å². The Bertz CT molecular complexity index is 1070. The van der Waals surface area contributed by atoms with Crippen molar-refractivity contribution >= 4 is 17.7 Å². The van der Waals surface area contributed by atoms with E-state index in [4.69, 9.17) is 20.6 Å². The van der Waals surface area contributed by atoms with Crippen LogP contribution in [0.5, 0.6) is 5.75 Å². The number of rotatable bonds is 8. The molecule has 4 N–H and O–H groups in total. The highest BCUT2D eigenvalue weighted by Gasteiger charge is 2.42. The number of amides is 1. The summed E-state index contributed by atoms with van der Waals surface area (Å²) in [6, 6.07) is 15.1. The number of fused-ring (bicyclic) bond motifs is 2. The topological polar surface area (TPSA) is 115 Å². The molecule has 1 heterocycles. The van der Waals surface area contributed by atoms with E-state index in [0.717, 1.165) is 29.2 Å². The van der Waals surface area contributed by atoms with Gasteiger partial charge < -0.3 is 20.5 Å². The van der Waals surface area contributed by atoms with E-state index in [1.54, 1.807) is 0 Å².